The number of hydrogen-bond acceptors (Lipinski definition) is 4. The van der Waals surface area contributed by atoms with E-state index in [1.807, 2.05) is 44.2 Å². The molecule has 0 aliphatic carbocycles. The smallest absolute Gasteiger partial charge is 0.407 e. The standard InChI is InChI=1S/C17H26N2O4/c1-16(2,11-17(3,4)23-14(18)20)12-19-15(21)22-10-13-8-6-5-7-9-13/h5-9H,10-12H2,1-4H3,(H2,18,20)(H,19,21). The summed E-state index contributed by atoms with van der Waals surface area (Å²) in [6.07, 6.45) is -0.737. The van der Waals surface area contributed by atoms with Crippen LogP contribution < -0.4 is 11.1 Å². The third-order valence-electron chi connectivity index (χ3n) is 3.21. The summed E-state index contributed by atoms with van der Waals surface area (Å²) in [5, 5.41) is 2.74. The number of benzene rings is 1. The second kappa shape index (κ2) is 7.85. The van der Waals surface area contributed by atoms with Crippen LogP contribution in [0.1, 0.15) is 39.7 Å². The SMILES string of the molecule is CC(C)(CNC(=O)OCc1ccccc1)CC(C)(C)OC(N)=O. The number of primary amides is 1. The van der Waals surface area contributed by atoms with E-state index < -0.39 is 17.8 Å². The Morgan fingerprint density at radius 2 is 1.74 bits per heavy atom. The molecule has 0 bridgehead atoms. The number of rotatable bonds is 7. The van der Waals surface area contributed by atoms with Gasteiger partial charge in [-0.25, -0.2) is 9.59 Å². The summed E-state index contributed by atoms with van der Waals surface area (Å²) in [5.41, 5.74) is 5.00. The molecule has 0 fully saturated rings. The molecular formula is C17H26N2O4. The lowest BCUT2D eigenvalue weighted by atomic mass is 9.81. The number of hydrogen-bond donors (Lipinski definition) is 2. The molecule has 1 rings (SSSR count). The zero-order chi connectivity index (χ0) is 17.5. The molecule has 6 nitrogen and oxygen atoms in total. The quantitative estimate of drug-likeness (QED) is 0.806. The highest BCUT2D eigenvalue weighted by atomic mass is 16.6. The Morgan fingerprint density at radius 1 is 1.13 bits per heavy atom. The Balaban J connectivity index is 2.39. The van der Waals surface area contributed by atoms with E-state index in [1.54, 1.807) is 13.8 Å². The highest BCUT2D eigenvalue weighted by molar-refractivity contribution is 5.67. The molecule has 0 unspecified atom stereocenters. The highest BCUT2D eigenvalue weighted by Gasteiger charge is 2.31. The van der Waals surface area contributed by atoms with Gasteiger partial charge in [-0.3, -0.25) is 0 Å². The van der Waals surface area contributed by atoms with Crippen LogP contribution in [0.3, 0.4) is 0 Å². The monoisotopic (exact) mass is 322 g/mol. The molecule has 0 spiro atoms. The van der Waals surface area contributed by atoms with E-state index in [1.165, 1.54) is 0 Å². The van der Waals surface area contributed by atoms with Crippen molar-refractivity contribution in [2.45, 2.75) is 46.3 Å². The van der Waals surface area contributed by atoms with Crippen LogP contribution in [0.15, 0.2) is 30.3 Å². The minimum atomic E-state index is -0.805. The number of nitrogens with one attached hydrogen (secondary N) is 1. The molecule has 0 aliphatic heterocycles. The molecule has 0 radical (unpaired) electrons. The summed E-state index contributed by atoms with van der Waals surface area (Å²) in [6.45, 7) is 8.13. The maximum atomic E-state index is 11.8. The van der Waals surface area contributed by atoms with E-state index in [-0.39, 0.29) is 12.0 Å². The van der Waals surface area contributed by atoms with E-state index in [0.29, 0.717) is 13.0 Å². The first kappa shape index (κ1) is 18.8. The average molecular weight is 322 g/mol. The molecular weight excluding hydrogens is 296 g/mol. The van der Waals surface area contributed by atoms with Gasteiger partial charge in [0.15, 0.2) is 0 Å². The fourth-order valence-corrected chi connectivity index (χ4v) is 2.61. The van der Waals surface area contributed by atoms with Gasteiger partial charge in [-0.1, -0.05) is 44.2 Å². The molecule has 0 heterocycles. The predicted molar refractivity (Wildman–Crippen MR) is 87.8 cm³/mol. The van der Waals surface area contributed by atoms with Crippen LogP contribution in [-0.2, 0) is 16.1 Å². The van der Waals surface area contributed by atoms with Crippen molar-refractivity contribution in [2.75, 3.05) is 6.54 Å². The second-order valence-electron chi connectivity index (χ2n) is 6.94. The average Bonchev–Trinajstić information content (AvgIpc) is 2.41. The van der Waals surface area contributed by atoms with Gasteiger partial charge >= 0.3 is 12.2 Å². The van der Waals surface area contributed by atoms with Gasteiger partial charge in [-0.2, -0.15) is 0 Å². The number of carbonyl (C=O) groups excluding carboxylic acids is 2. The third kappa shape index (κ3) is 8.09. The third-order valence-corrected chi connectivity index (χ3v) is 3.21. The molecule has 0 atom stereocenters. The van der Waals surface area contributed by atoms with Crippen LogP contribution in [0.4, 0.5) is 9.59 Å². The maximum absolute atomic E-state index is 11.8. The maximum Gasteiger partial charge on any atom is 0.407 e. The Kier molecular flexibility index (Phi) is 6.42. The first-order chi connectivity index (χ1) is 10.6. The molecule has 0 aliphatic rings. The summed E-state index contributed by atoms with van der Waals surface area (Å²) in [5.74, 6) is 0. The largest absolute Gasteiger partial charge is 0.445 e. The summed E-state index contributed by atoms with van der Waals surface area (Å²) in [7, 11) is 0. The highest BCUT2D eigenvalue weighted by Crippen LogP contribution is 2.29. The molecule has 0 aromatic heterocycles. The molecule has 2 amide bonds. The van der Waals surface area contributed by atoms with E-state index in [0.717, 1.165) is 5.56 Å². The van der Waals surface area contributed by atoms with Crippen LogP contribution in [0, 0.1) is 5.41 Å². The van der Waals surface area contributed by atoms with E-state index in [2.05, 4.69) is 5.32 Å². The Hall–Kier alpha value is -2.24. The van der Waals surface area contributed by atoms with Gasteiger partial charge in [0.05, 0.1) is 0 Å². The van der Waals surface area contributed by atoms with Crippen LogP contribution in [-0.4, -0.2) is 24.3 Å². The summed E-state index contributed by atoms with van der Waals surface area (Å²) in [6, 6.07) is 9.46. The molecule has 1 aromatic carbocycles. The molecule has 0 saturated heterocycles. The van der Waals surface area contributed by atoms with Crippen molar-refractivity contribution in [1.29, 1.82) is 0 Å². The van der Waals surface area contributed by atoms with Crippen molar-refractivity contribution in [3.05, 3.63) is 35.9 Å². The van der Waals surface area contributed by atoms with E-state index in [4.69, 9.17) is 15.2 Å². The Morgan fingerprint density at radius 3 is 2.30 bits per heavy atom. The van der Waals surface area contributed by atoms with Crippen LogP contribution >= 0.6 is 0 Å². The number of carbonyl (C=O) groups is 2. The van der Waals surface area contributed by atoms with Gasteiger partial charge < -0.3 is 20.5 Å². The first-order valence-corrected chi connectivity index (χ1v) is 7.53. The zero-order valence-corrected chi connectivity index (χ0v) is 14.2. The lowest BCUT2D eigenvalue weighted by Gasteiger charge is -2.34. The lowest BCUT2D eigenvalue weighted by molar-refractivity contribution is 0.0114. The topological polar surface area (TPSA) is 90.7 Å². The van der Waals surface area contributed by atoms with Crippen LogP contribution in [0.2, 0.25) is 0 Å². The van der Waals surface area contributed by atoms with Gasteiger partial charge in [-0.15, -0.1) is 0 Å². The Labute approximate surface area is 137 Å². The number of amides is 2. The van der Waals surface area contributed by atoms with Gasteiger partial charge in [0.1, 0.15) is 12.2 Å². The molecule has 0 saturated carbocycles. The van der Waals surface area contributed by atoms with Gasteiger partial charge in [0.25, 0.3) is 0 Å². The van der Waals surface area contributed by atoms with Crippen LogP contribution in [0.5, 0.6) is 0 Å². The molecule has 128 valence electrons. The van der Waals surface area contributed by atoms with Gasteiger partial charge in [0, 0.05) is 6.54 Å². The fourth-order valence-electron chi connectivity index (χ4n) is 2.61. The van der Waals surface area contributed by atoms with Gasteiger partial charge in [-0.05, 0) is 31.2 Å². The molecule has 23 heavy (non-hydrogen) atoms. The van der Waals surface area contributed by atoms with Crippen molar-refractivity contribution in [3.63, 3.8) is 0 Å². The second-order valence-corrected chi connectivity index (χ2v) is 6.94. The van der Waals surface area contributed by atoms with Crippen molar-refractivity contribution >= 4 is 12.2 Å². The van der Waals surface area contributed by atoms with E-state index in [9.17, 15) is 9.59 Å². The summed E-state index contributed by atoms with van der Waals surface area (Å²) in [4.78, 5) is 22.7. The number of nitrogens with two attached hydrogens (primary N) is 1. The minimum Gasteiger partial charge on any atom is -0.445 e. The van der Waals surface area contributed by atoms with Crippen molar-refractivity contribution in [2.24, 2.45) is 11.1 Å². The fraction of sp³-hybridized carbons (Fsp3) is 0.529. The molecule has 3 N–H and O–H groups in total. The molecule has 1 aromatic rings. The normalized spacial score (nSPS) is 11.7. The minimum absolute atomic E-state index is 0.226. The first-order valence-electron chi connectivity index (χ1n) is 7.53. The Bertz CT molecular complexity index is 527. The van der Waals surface area contributed by atoms with Crippen molar-refractivity contribution in [1.82, 2.24) is 5.32 Å². The van der Waals surface area contributed by atoms with Crippen molar-refractivity contribution in [3.8, 4) is 0 Å². The zero-order valence-electron chi connectivity index (χ0n) is 14.2. The number of alkyl carbamates (subject to hydrolysis) is 1. The summed E-state index contributed by atoms with van der Waals surface area (Å²) >= 11 is 0. The van der Waals surface area contributed by atoms with Gasteiger partial charge in [0.2, 0.25) is 0 Å². The number of ether oxygens (including phenoxy) is 2. The molecule has 6 heteroatoms. The van der Waals surface area contributed by atoms with Crippen LogP contribution in [0.25, 0.3) is 0 Å². The van der Waals surface area contributed by atoms with Crippen molar-refractivity contribution < 1.29 is 19.1 Å². The lowest BCUT2D eigenvalue weighted by Crippen LogP contribution is -2.41. The predicted octanol–water partition coefficient (Wildman–Crippen LogP) is 3.20. The summed E-state index contributed by atoms with van der Waals surface area (Å²) < 4.78 is 10.2. The van der Waals surface area contributed by atoms with E-state index >= 15 is 0 Å².